The quantitative estimate of drug-likeness (QED) is 0.821. The Labute approximate surface area is 110 Å². The van der Waals surface area contributed by atoms with Crippen LogP contribution < -0.4 is 0 Å². The van der Waals surface area contributed by atoms with Crippen LogP contribution in [0.2, 0.25) is 0 Å². The second-order valence-corrected chi connectivity index (χ2v) is 4.76. The molecular formula is C13H16BrNO2. The van der Waals surface area contributed by atoms with E-state index in [9.17, 15) is 4.79 Å². The highest BCUT2D eigenvalue weighted by molar-refractivity contribution is 9.10. The van der Waals surface area contributed by atoms with Crippen molar-refractivity contribution in [3.05, 3.63) is 47.0 Å². The smallest absolute Gasteiger partial charge is 0.317 e. The maximum absolute atomic E-state index is 10.8. The van der Waals surface area contributed by atoms with Crippen LogP contribution in [-0.4, -0.2) is 29.1 Å². The number of hydrogen-bond acceptors (Lipinski definition) is 2. The first kappa shape index (κ1) is 13.9. The van der Waals surface area contributed by atoms with Gasteiger partial charge < -0.3 is 5.11 Å². The third-order valence-electron chi connectivity index (χ3n) is 2.60. The zero-order valence-electron chi connectivity index (χ0n) is 9.77. The van der Waals surface area contributed by atoms with E-state index in [4.69, 9.17) is 5.11 Å². The van der Waals surface area contributed by atoms with Crippen molar-refractivity contribution in [2.45, 2.75) is 13.0 Å². The predicted molar refractivity (Wildman–Crippen MR) is 72.0 cm³/mol. The number of carboxylic acids is 1. The highest BCUT2D eigenvalue weighted by Gasteiger charge is 2.16. The van der Waals surface area contributed by atoms with Crippen molar-refractivity contribution in [1.29, 1.82) is 0 Å². The van der Waals surface area contributed by atoms with Gasteiger partial charge in [-0.3, -0.25) is 9.69 Å². The molecule has 92 valence electrons. The largest absolute Gasteiger partial charge is 0.480 e. The molecule has 0 saturated carbocycles. The van der Waals surface area contributed by atoms with E-state index in [1.54, 1.807) is 6.08 Å². The van der Waals surface area contributed by atoms with E-state index in [2.05, 4.69) is 22.5 Å². The summed E-state index contributed by atoms with van der Waals surface area (Å²) < 4.78 is 1.02. The molecule has 1 N–H and O–H groups in total. The first-order chi connectivity index (χ1) is 8.04. The summed E-state index contributed by atoms with van der Waals surface area (Å²) in [7, 11) is 0. The standard InChI is InChI=1S/C13H16BrNO2/c1-3-8-15(9-13(16)17)10(2)11-4-6-12(14)7-5-11/h3-7,10H,1,8-9H2,2H3,(H,16,17). The van der Waals surface area contributed by atoms with Crippen molar-refractivity contribution in [3.63, 3.8) is 0 Å². The lowest BCUT2D eigenvalue weighted by Crippen LogP contribution is -2.32. The first-order valence-electron chi connectivity index (χ1n) is 5.36. The van der Waals surface area contributed by atoms with Crippen LogP contribution in [0.4, 0.5) is 0 Å². The second-order valence-electron chi connectivity index (χ2n) is 3.84. The minimum Gasteiger partial charge on any atom is -0.480 e. The van der Waals surface area contributed by atoms with Gasteiger partial charge in [0, 0.05) is 17.1 Å². The van der Waals surface area contributed by atoms with E-state index in [-0.39, 0.29) is 12.6 Å². The number of carbonyl (C=O) groups is 1. The number of hydrogen-bond donors (Lipinski definition) is 1. The van der Waals surface area contributed by atoms with Crippen LogP contribution in [0.3, 0.4) is 0 Å². The van der Waals surface area contributed by atoms with Crippen LogP contribution in [0, 0.1) is 0 Å². The molecule has 0 saturated heterocycles. The molecule has 1 unspecified atom stereocenters. The molecule has 0 fully saturated rings. The number of halogens is 1. The van der Waals surface area contributed by atoms with E-state index in [1.807, 2.05) is 36.1 Å². The van der Waals surface area contributed by atoms with Gasteiger partial charge in [0.1, 0.15) is 0 Å². The number of carboxylic acid groups (broad SMARTS) is 1. The van der Waals surface area contributed by atoms with Crippen LogP contribution in [-0.2, 0) is 4.79 Å². The molecule has 0 aromatic heterocycles. The predicted octanol–water partition coefficient (Wildman–Crippen LogP) is 3.08. The molecule has 0 amide bonds. The van der Waals surface area contributed by atoms with E-state index in [1.165, 1.54) is 0 Å². The Morgan fingerprint density at radius 2 is 2.12 bits per heavy atom. The third kappa shape index (κ3) is 4.32. The van der Waals surface area contributed by atoms with Gasteiger partial charge in [0.2, 0.25) is 0 Å². The average Bonchev–Trinajstić information content (AvgIpc) is 2.28. The maximum atomic E-state index is 10.8. The highest BCUT2D eigenvalue weighted by atomic mass is 79.9. The Morgan fingerprint density at radius 3 is 2.59 bits per heavy atom. The summed E-state index contributed by atoms with van der Waals surface area (Å²) in [5.41, 5.74) is 1.09. The van der Waals surface area contributed by atoms with Crippen molar-refractivity contribution in [2.75, 3.05) is 13.1 Å². The number of aliphatic carboxylic acids is 1. The van der Waals surface area contributed by atoms with Gasteiger partial charge >= 0.3 is 5.97 Å². The van der Waals surface area contributed by atoms with Gasteiger partial charge in [-0.25, -0.2) is 0 Å². The molecule has 1 aromatic carbocycles. The fourth-order valence-electron chi connectivity index (χ4n) is 1.65. The Hall–Kier alpha value is -1.13. The van der Waals surface area contributed by atoms with Gasteiger partial charge in [-0.15, -0.1) is 6.58 Å². The monoisotopic (exact) mass is 297 g/mol. The fraction of sp³-hybridized carbons (Fsp3) is 0.308. The first-order valence-corrected chi connectivity index (χ1v) is 6.16. The normalized spacial score (nSPS) is 12.4. The minimum absolute atomic E-state index is 0.0171. The molecule has 0 heterocycles. The average molecular weight is 298 g/mol. The Bertz CT molecular complexity index is 389. The molecule has 1 atom stereocenters. The summed E-state index contributed by atoms with van der Waals surface area (Å²) >= 11 is 3.38. The van der Waals surface area contributed by atoms with E-state index < -0.39 is 5.97 Å². The SMILES string of the molecule is C=CCN(CC(=O)O)C(C)c1ccc(Br)cc1. The van der Waals surface area contributed by atoms with Crippen LogP contribution in [0.1, 0.15) is 18.5 Å². The van der Waals surface area contributed by atoms with Crippen molar-refractivity contribution in [3.8, 4) is 0 Å². The zero-order valence-corrected chi connectivity index (χ0v) is 11.4. The highest BCUT2D eigenvalue weighted by Crippen LogP contribution is 2.21. The summed E-state index contributed by atoms with van der Waals surface area (Å²) in [5, 5.41) is 8.87. The summed E-state index contributed by atoms with van der Waals surface area (Å²) in [5.74, 6) is -0.823. The number of rotatable bonds is 6. The molecule has 4 heteroatoms. The lowest BCUT2D eigenvalue weighted by atomic mass is 10.1. The summed E-state index contributed by atoms with van der Waals surface area (Å²) in [6.45, 7) is 6.23. The van der Waals surface area contributed by atoms with Gasteiger partial charge in [0.05, 0.1) is 6.54 Å². The van der Waals surface area contributed by atoms with E-state index >= 15 is 0 Å². The summed E-state index contributed by atoms with van der Waals surface area (Å²) in [6.07, 6.45) is 1.72. The van der Waals surface area contributed by atoms with E-state index in [0.29, 0.717) is 6.54 Å². The van der Waals surface area contributed by atoms with Crippen LogP contribution >= 0.6 is 15.9 Å². The van der Waals surface area contributed by atoms with Gasteiger partial charge in [0.25, 0.3) is 0 Å². The Kier molecular flexibility index (Phi) is 5.38. The van der Waals surface area contributed by atoms with E-state index in [0.717, 1.165) is 10.0 Å². The van der Waals surface area contributed by atoms with Crippen LogP contribution in [0.5, 0.6) is 0 Å². The molecule has 0 spiro atoms. The molecule has 3 nitrogen and oxygen atoms in total. The molecule has 0 aliphatic rings. The molecule has 17 heavy (non-hydrogen) atoms. The molecule has 0 aliphatic heterocycles. The van der Waals surface area contributed by atoms with Gasteiger partial charge in [0.15, 0.2) is 0 Å². The maximum Gasteiger partial charge on any atom is 0.317 e. The second kappa shape index (κ2) is 6.57. The fourth-order valence-corrected chi connectivity index (χ4v) is 1.92. The van der Waals surface area contributed by atoms with Gasteiger partial charge in [-0.05, 0) is 24.6 Å². The number of benzene rings is 1. The van der Waals surface area contributed by atoms with Gasteiger partial charge in [-0.1, -0.05) is 34.1 Å². The van der Waals surface area contributed by atoms with Crippen LogP contribution in [0.15, 0.2) is 41.4 Å². The van der Waals surface area contributed by atoms with Crippen molar-refractivity contribution in [2.24, 2.45) is 0 Å². The lowest BCUT2D eigenvalue weighted by molar-refractivity contribution is -0.138. The molecular weight excluding hydrogens is 282 g/mol. The Balaban J connectivity index is 2.82. The summed E-state index contributed by atoms with van der Waals surface area (Å²) in [6, 6.07) is 7.95. The topological polar surface area (TPSA) is 40.5 Å². The Morgan fingerprint density at radius 1 is 1.53 bits per heavy atom. The zero-order chi connectivity index (χ0) is 12.8. The van der Waals surface area contributed by atoms with Crippen molar-refractivity contribution in [1.82, 2.24) is 4.90 Å². The van der Waals surface area contributed by atoms with Gasteiger partial charge in [-0.2, -0.15) is 0 Å². The lowest BCUT2D eigenvalue weighted by Gasteiger charge is -2.26. The third-order valence-corrected chi connectivity index (χ3v) is 3.13. The summed E-state index contributed by atoms with van der Waals surface area (Å²) in [4.78, 5) is 12.7. The molecule has 0 radical (unpaired) electrons. The minimum atomic E-state index is -0.823. The molecule has 0 bridgehead atoms. The van der Waals surface area contributed by atoms with Crippen molar-refractivity contribution >= 4 is 21.9 Å². The molecule has 1 aromatic rings. The molecule has 0 aliphatic carbocycles. The van der Waals surface area contributed by atoms with Crippen LogP contribution in [0.25, 0.3) is 0 Å². The molecule has 1 rings (SSSR count). The van der Waals surface area contributed by atoms with Crippen molar-refractivity contribution < 1.29 is 9.90 Å². The number of nitrogens with zero attached hydrogens (tertiary/aromatic N) is 1.